The van der Waals surface area contributed by atoms with Crippen LogP contribution in [-0.4, -0.2) is 71.1 Å². The lowest BCUT2D eigenvalue weighted by Crippen LogP contribution is -2.57. The highest BCUT2D eigenvalue weighted by Crippen LogP contribution is 2.40. The molecule has 0 aliphatic carbocycles. The molecule has 204 valence electrons. The minimum absolute atomic E-state index is 0.221. The molecule has 0 spiro atoms. The Morgan fingerprint density at radius 2 is 1.61 bits per heavy atom. The van der Waals surface area contributed by atoms with E-state index in [1.807, 2.05) is 60.7 Å². The van der Waals surface area contributed by atoms with Gasteiger partial charge >= 0.3 is 6.09 Å². The molecular weight excluding hydrogens is 511 g/mol. The highest BCUT2D eigenvalue weighted by molar-refractivity contribution is 8.14. The number of ether oxygens (including phenoxy) is 4. The molecule has 2 aliphatic heterocycles. The Morgan fingerprint density at radius 1 is 1.03 bits per heavy atom. The van der Waals surface area contributed by atoms with E-state index < -0.39 is 48.2 Å². The second-order valence-electron chi connectivity index (χ2n) is 9.97. The second-order valence-corrected chi connectivity index (χ2v) is 11.0. The molecule has 0 N–H and O–H groups in total. The van der Waals surface area contributed by atoms with Crippen molar-refractivity contribution in [2.75, 3.05) is 13.2 Å². The van der Waals surface area contributed by atoms with Crippen molar-refractivity contribution in [2.24, 2.45) is 4.99 Å². The predicted octanol–water partition coefficient (Wildman–Crippen LogP) is 4.76. The number of hydrogen-bond donors (Lipinski definition) is 0. The summed E-state index contributed by atoms with van der Waals surface area (Å²) < 4.78 is 37.6. The summed E-state index contributed by atoms with van der Waals surface area (Å²) in [6.07, 6.45) is -2.33. The van der Waals surface area contributed by atoms with Crippen LogP contribution >= 0.6 is 11.8 Å². The highest BCUT2D eigenvalue weighted by Gasteiger charge is 2.52. The number of thioether (sulfide) groups is 1. The van der Waals surface area contributed by atoms with Gasteiger partial charge in [-0.3, -0.25) is 9.89 Å². The number of benzene rings is 2. The van der Waals surface area contributed by atoms with Crippen LogP contribution in [-0.2, 0) is 37.0 Å². The number of carbonyl (C=O) groups excluding carboxylic acids is 2. The third kappa shape index (κ3) is 7.19. The summed E-state index contributed by atoms with van der Waals surface area (Å²) in [7, 11) is 0. The third-order valence-electron chi connectivity index (χ3n) is 5.89. The van der Waals surface area contributed by atoms with E-state index in [2.05, 4.69) is 0 Å². The second kappa shape index (κ2) is 12.8. The number of amides is 1. The van der Waals surface area contributed by atoms with Crippen molar-refractivity contribution in [1.29, 1.82) is 0 Å². The number of hydrogen-bond acceptors (Lipinski definition) is 8. The quantitative estimate of drug-likeness (QED) is 0.421. The largest absolute Gasteiger partial charge is 0.443 e. The van der Waals surface area contributed by atoms with Crippen molar-refractivity contribution in [3.8, 4) is 0 Å². The van der Waals surface area contributed by atoms with E-state index in [9.17, 15) is 14.0 Å². The lowest BCUT2D eigenvalue weighted by Gasteiger charge is -2.40. The first-order valence-corrected chi connectivity index (χ1v) is 13.4. The van der Waals surface area contributed by atoms with Gasteiger partial charge in [-0.05, 0) is 31.9 Å². The van der Waals surface area contributed by atoms with Crippen molar-refractivity contribution < 1.29 is 32.9 Å². The maximum Gasteiger partial charge on any atom is 0.416 e. The topological polar surface area (TPSA) is 86.7 Å². The Labute approximate surface area is 226 Å². The maximum atomic E-state index is 13.4. The van der Waals surface area contributed by atoms with Crippen LogP contribution in [0.4, 0.5) is 9.18 Å². The molecule has 2 heterocycles. The van der Waals surface area contributed by atoms with Crippen molar-refractivity contribution in [1.82, 2.24) is 4.90 Å². The van der Waals surface area contributed by atoms with Gasteiger partial charge in [-0.1, -0.05) is 72.4 Å². The van der Waals surface area contributed by atoms with Gasteiger partial charge in [0.1, 0.15) is 42.1 Å². The smallest absolute Gasteiger partial charge is 0.416 e. The zero-order valence-corrected chi connectivity index (χ0v) is 22.5. The number of halogens is 1. The van der Waals surface area contributed by atoms with Crippen LogP contribution in [0.1, 0.15) is 31.9 Å². The Morgan fingerprint density at radius 3 is 2.13 bits per heavy atom. The average Bonchev–Trinajstić information content (AvgIpc) is 3.32. The van der Waals surface area contributed by atoms with Crippen molar-refractivity contribution in [2.45, 2.75) is 69.4 Å². The lowest BCUT2D eigenvalue weighted by atomic mass is 9.98. The molecule has 0 saturated carbocycles. The number of alkyl halides is 1. The molecule has 8 nitrogen and oxygen atoms in total. The predicted molar refractivity (Wildman–Crippen MR) is 142 cm³/mol. The van der Waals surface area contributed by atoms with Crippen LogP contribution in [0, 0.1) is 0 Å². The van der Waals surface area contributed by atoms with Gasteiger partial charge in [0.25, 0.3) is 0 Å². The molecule has 38 heavy (non-hydrogen) atoms. The zero-order valence-electron chi connectivity index (χ0n) is 21.7. The number of nitrogens with zero attached hydrogens (tertiary/aromatic N) is 2. The number of aliphatic imine (C=N–C) groups is 1. The summed E-state index contributed by atoms with van der Waals surface area (Å²) in [6.45, 7) is 4.73. The first-order valence-electron chi connectivity index (χ1n) is 12.5. The maximum absolute atomic E-state index is 13.4. The molecule has 2 aliphatic rings. The molecule has 5 atom stereocenters. The first-order chi connectivity index (χ1) is 18.3. The van der Waals surface area contributed by atoms with Crippen molar-refractivity contribution >= 4 is 29.3 Å². The molecule has 10 heteroatoms. The lowest BCUT2D eigenvalue weighted by molar-refractivity contribution is -0.193. The van der Waals surface area contributed by atoms with Gasteiger partial charge in [0.15, 0.2) is 11.5 Å². The Hall–Kier alpha value is -2.79. The van der Waals surface area contributed by atoms with E-state index in [1.54, 1.807) is 20.8 Å². The number of fused-ring (bicyclic) bond motifs is 1. The van der Waals surface area contributed by atoms with Gasteiger partial charge < -0.3 is 23.7 Å². The van der Waals surface area contributed by atoms with Crippen LogP contribution in [0.3, 0.4) is 0 Å². The molecule has 1 saturated heterocycles. The Balaban J connectivity index is 1.61. The van der Waals surface area contributed by atoms with Gasteiger partial charge in [0.2, 0.25) is 0 Å². The Kier molecular flexibility index (Phi) is 9.54. The average molecular weight is 545 g/mol. The van der Waals surface area contributed by atoms with E-state index in [0.29, 0.717) is 6.29 Å². The van der Waals surface area contributed by atoms with Crippen molar-refractivity contribution in [3.63, 3.8) is 0 Å². The fourth-order valence-electron chi connectivity index (χ4n) is 4.17. The van der Waals surface area contributed by atoms with Crippen LogP contribution < -0.4 is 0 Å². The summed E-state index contributed by atoms with van der Waals surface area (Å²) in [4.78, 5) is 30.9. The number of carbonyl (C=O) groups is 2. The number of aldehydes is 1. The molecule has 1 amide bonds. The molecule has 4 rings (SSSR count). The van der Waals surface area contributed by atoms with E-state index in [-0.39, 0.29) is 24.9 Å². The standard InChI is InChI=1S/C28H33FN2O6S/c1-28(2,3)37-27(33)31(15-14-29)26-30-22-24(35-18-20-12-8-5-9-13-20)23(21(16-32)36-25(22)38-26)34-17-19-10-6-4-7-11-19/h4-13,16,21-25H,14-15,17-18H2,1-3H3/t21-,22+,23+,24+,25+/m0/s1. The van der Waals surface area contributed by atoms with Crippen LogP contribution in [0.25, 0.3) is 0 Å². The Bertz CT molecular complexity index is 1100. The monoisotopic (exact) mass is 544 g/mol. The minimum atomic E-state index is -0.918. The molecule has 0 bridgehead atoms. The first kappa shape index (κ1) is 28.2. The molecule has 0 aromatic heterocycles. The summed E-state index contributed by atoms with van der Waals surface area (Å²) in [5.41, 5.74) is 0.494. The fourth-order valence-corrected chi connectivity index (χ4v) is 5.39. The van der Waals surface area contributed by atoms with Crippen LogP contribution in [0.5, 0.6) is 0 Å². The van der Waals surface area contributed by atoms with E-state index >= 15 is 0 Å². The molecule has 2 aromatic rings. The fraction of sp³-hybridized carbons (Fsp3) is 0.464. The summed E-state index contributed by atoms with van der Waals surface area (Å²) in [6, 6.07) is 18.6. The minimum Gasteiger partial charge on any atom is -0.443 e. The normalized spacial score (nSPS) is 24.8. The highest BCUT2D eigenvalue weighted by atomic mass is 32.2. The summed E-state index contributed by atoms with van der Waals surface area (Å²) in [5, 5.41) is 0.258. The molecule has 0 radical (unpaired) electrons. The van der Waals surface area contributed by atoms with E-state index in [1.165, 1.54) is 4.90 Å². The zero-order chi connectivity index (χ0) is 27.1. The van der Waals surface area contributed by atoms with Gasteiger partial charge in [0.05, 0.1) is 19.8 Å². The van der Waals surface area contributed by atoms with E-state index in [0.717, 1.165) is 22.9 Å². The SMILES string of the molecule is CC(C)(C)OC(=O)N(CCF)C1=N[C@@H]2[C@@H](OCc3ccccc3)[C@H](OCc3ccccc3)[C@H](C=O)O[C@@H]2S1. The molecule has 2 aromatic carbocycles. The summed E-state index contributed by atoms with van der Waals surface area (Å²) >= 11 is 1.15. The third-order valence-corrected chi connectivity index (χ3v) is 7.05. The van der Waals surface area contributed by atoms with Crippen molar-refractivity contribution in [3.05, 3.63) is 71.8 Å². The molecule has 1 fully saturated rings. The summed E-state index contributed by atoms with van der Waals surface area (Å²) in [5.74, 6) is 0. The van der Waals surface area contributed by atoms with Gasteiger partial charge in [-0.15, -0.1) is 0 Å². The number of amidine groups is 1. The van der Waals surface area contributed by atoms with Gasteiger partial charge in [-0.25, -0.2) is 9.18 Å². The van der Waals surface area contributed by atoms with E-state index in [4.69, 9.17) is 23.9 Å². The van der Waals surface area contributed by atoms with Crippen LogP contribution in [0.2, 0.25) is 0 Å². The van der Waals surface area contributed by atoms with Crippen LogP contribution in [0.15, 0.2) is 65.7 Å². The molecular formula is C28H33FN2O6S. The van der Waals surface area contributed by atoms with Gasteiger partial charge in [0, 0.05) is 0 Å². The molecule has 0 unspecified atom stereocenters. The number of rotatable bonds is 9. The van der Waals surface area contributed by atoms with Gasteiger partial charge in [-0.2, -0.15) is 0 Å².